The summed E-state index contributed by atoms with van der Waals surface area (Å²) in [5.74, 6) is 6.08. The second-order valence-electron chi connectivity index (χ2n) is 2.46. The first-order valence-corrected chi connectivity index (χ1v) is 4.02. The van der Waals surface area contributed by atoms with Crippen LogP contribution in [0.15, 0.2) is 24.3 Å². The van der Waals surface area contributed by atoms with Gasteiger partial charge in [0.05, 0.1) is 6.61 Å². The Kier molecular flexibility index (Phi) is 6.32. The van der Waals surface area contributed by atoms with Gasteiger partial charge in [0.2, 0.25) is 0 Å². The molecule has 3 nitrogen and oxygen atoms in total. The van der Waals surface area contributed by atoms with E-state index >= 15 is 0 Å². The highest BCUT2D eigenvalue weighted by Gasteiger charge is 1.92. The van der Waals surface area contributed by atoms with Crippen LogP contribution < -0.4 is 16.0 Å². The van der Waals surface area contributed by atoms with E-state index in [1.807, 2.05) is 31.2 Å². The molecule has 74 valence electrons. The third-order valence-corrected chi connectivity index (χ3v) is 1.54. The van der Waals surface area contributed by atoms with Crippen molar-refractivity contribution in [3.8, 4) is 5.75 Å². The maximum Gasteiger partial charge on any atom is 0.119 e. The van der Waals surface area contributed by atoms with E-state index in [1.54, 1.807) is 0 Å². The molecule has 1 aromatic rings. The molecule has 1 aromatic carbocycles. The van der Waals surface area contributed by atoms with Crippen LogP contribution in [0.1, 0.15) is 12.5 Å². The average molecular weight is 203 g/mol. The minimum atomic E-state index is 0. The Balaban J connectivity index is 0.00000144. The molecule has 0 atom stereocenters. The molecule has 0 aliphatic carbocycles. The van der Waals surface area contributed by atoms with Crippen molar-refractivity contribution in [3.63, 3.8) is 0 Å². The van der Waals surface area contributed by atoms with Gasteiger partial charge in [-0.1, -0.05) is 12.1 Å². The van der Waals surface area contributed by atoms with Crippen LogP contribution >= 0.6 is 12.4 Å². The van der Waals surface area contributed by atoms with Gasteiger partial charge in [0.25, 0.3) is 0 Å². The van der Waals surface area contributed by atoms with Gasteiger partial charge in [0.15, 0.2) is 0 Å². The van der Waals surface area contributed by atoms with Crippen molar-refractivity contribution in [2.24, 2.45) is 5.84 Å². The number of hydrogen-bond donors (Lipinski definition) is 2. The Morgan fingerprint density at radius 3 is 2.38 bits per heavy atom. The molecule has 0 bridgehead atoms. The summed E-state index contributed by atoms with van der Waals surface area (Å²) in [6.45, 7) is 3.36. The maximum atomic E-state index is 5.29. The van der Waals surface area contributed by atoms with Crippen LogP contribution in [0.3, 0.4) is 0 Å². The van der Waals surface area contributed by atoms with Crippen LogP contribution in [0.5, 0.6) is 5.75 Å². The van der Waals surface area contributed by atoms with Crippen LogP contribution in [0, 0.1) is 0 Å². The van der Waals surface area contributed by atoms with E-state index in [-0.39, 0.29) is 12.4 Å². The Bertz CT molecular complexity index is 201. The summed E-state index contributed by atoms with van der Waals surface area (Å²) >= 11 is 0. The van der Waals surface area contributed by atoms with Crippen molar-refractivity contribution in [1.82, 2.24) is 5.43 Å². The van der Waals surface area contributed by atoms with Gasteiger partial charge in [0.1, 0.15) is 5.75 Å². The molecular weight excluding hydrogens is 188 g/mol. The van der Waals surface area contributed by atoms with E-state index in [4.69, 9.17) is 10.6 Å². The van der Waals surface area contributed by atoms with E-state index in [1.165, 1.54) is 0 Å². The number of nitrogens with one attached hydrogen (secondary N) is 1. The highest BCUT2D eigenvalue weighted by atomic mass is 35.5. The second-order valence-corrected chi connectivity index (χ2v) is 2.46. The molecular formula is C9H15ClN2O. The van der Waals surface area contributed by atoms with E-state index in [0.29, 0.717) is 13.2 Å². The fraction of sp³-hybridized carbons (Fsp3) is 0.333. The lowest BCUT2D eigenvalue weighted by molar-refractivity contribution is 0.340. The van der Waals surface area contributed by atoms with Crippen molar-refractivity contribution in [1.29, 1.82) is 0 Å². The summed E-state index contributed by atoms with van der Waals surface area (Å²) < 4.78 is 5.29. The number of rotatable bonds is 4. The van der Waals surface area contributed by atoms with E-state index < -0.39 is 0 Å². The molecule has 0 aliphatic heterocycles. The molecule has 0 heterocycles. The lowest BCUT2D eigenvalue weighted by Crippen LogP contribution is -2.20. The zero-order valence-corrected chi connectivity index (χ0v) is 8.43. The summed E-state index contributed by atoms with van der Waals surface area (Å²) in [6.07, 6.45) is 0. The summed E-state index contributed by atoms with van der Waals surface area (Å²) in [5, 5.41) is 0. The molecule has 0 aromatic heterocycles. The first-order valence-electron chi connectivity index (χ1n) is 4.02. The first kappa shape index (κ1) is 12.2. The van der Waals surface area contributed by atoms with E-state index in [9.17, 15) is 0 Å². The Hall–Kier alpha value is -0.770. The van der Waals surface area contributed by atoms with Gasteiger partial charge in [-0.15, -0.1) is 12.4 Å². The number of nitrogens with two attached hydrogens (primary N) is 1. The Morgan fingerprint density at radius 1 is 1.31 bits per heavy atom. The van der Waals surface area contributed by atoms with Crippen molar-refractivity contribution in [2.45, 2.75) is 13.5 Å². The number of halogens is 1. The van der Waals surface area contributed by atoms with Crippen LogP contribution in [0.4, 0.5) is 0 Å². The molecule has 0 spiro atoms. The summed E-state index contributed by atoms with van der Waals surface area (Å²) in [5.41, 5.74) is 3.75. The largest absolute Gasteiger partial charge is 0.494 e. The summed E-state index contributed by atoms with van der Waals surface area (Å²) in [6, 6.07) is 7.86. The summed E-state index contributed by atoms with van der Waals surface area (Å²) in [4.78, 5) is 0. The first-order chi connectivity index (χ1) is 5.86. The molecule has 0 saturated heterocycles. The molecule has 13 heavy (non-hydrogen) atoms. The number of hydrazine groups is 1. The van der Waals surface area contributed by atoms with Crippen molar-refractivity contribution in [2.75, 3.05) is 6.61 Å². The second kappa shape index (κ2) is 6.71. The van der Waals surface area contributed by atoms with Gasteiger partial charge in [-0.3, -0.25) is 11.3 Å². The van der Waals surface area contributed by atoms with Crippen LogP contribution in [-0.4, -0.2) is 6.61 Å². The van der Waals surface area contributed by atoms with Crippen LogP contribution in [0.25, 0.3) is 0 Å². The van der Waals surface area contributed by atoms with Gasteiger partial charge < -0.3 is 4.74 Å². The number of hydrogen-bond acceptors (Lipinski definition) is 3. The molecule has 0 unspecified atom stereocenters. The van der Waals surface area contributed by atoms with Crippen molar-refractivity contribution >= 4 is 12.4 Å². The molecule has 3 N–H and O–H groups in total. The minimum absolute atomic E-state index is 0. The van der Waals surface area contributed by atoms with E-state index in [0.717, 1.165) is 11.3 Å². The van der Waals surface area contributed by atoms with Gasteiger partial charge >= 0.3 is 0 Å². The van der Waals surface area contributed by atoms with Gasteiger partial charge in [-0.05, 0) is 24.6 Å². The quantitative estimate of drug-likeness (QED) is 0.574. The molecule has 0 aliphatic rings. The number of ether oxygens (including phenoxy) is 1. The third kappa shape index (κ3) is 4.12. The smallest absolute Gasteiger partial charge is 0.119 e. The molecule has 0 amide bonds. The topological polar surface area (TPSA) is 47.3 Å². The van der Waals surface area contributed by atoms with E-state index in [2.05, 4.69) is 5.43 Å². The van der Waals surface area contributed by atoms with Crippen LogP contribution in [-0.2, 0) is 6.54 Å². The SMILES string of the molecule is CCOc1ccc(CNN)cc1.Cl. The molecule has 1 rings (SSSR count). The maximum absolute atomic E-state index is 5.29. The normalized spacial score (nSPS) is 9.08. The Labute approximate surface area is 84.7 Å². The monoisotopic (exact) mass is 202 g/mol. The zero-order chi connectivity index (χ0) is 8.81. The highest BCUT2D eigenvalue weighted by Crippen LogP contribution is 2.11. The van der Waals surface area contributed by atoms with Gasteiger partial charge in [-0.2, -0.15) is 0 Å². The Morgan fingerprint density at radius 2 is 1.92 bits per heavy atom. The molecule has 0 fully saturated rings. The van der Waals surface area contributed by atoms with Crippen LogP contribution in [0.2, 0.25) is 0 Å². The lowest BCUT2D eigenvalue weighted by Gasteiger charge is -2.03. The van der Waals surface area contributed by atoms with Crippen molar-refractivity contribution < 1.29 is 4.74 Å². The average Bonchev–Trinajstić information content (AvgIpc) is 2.09. The number of benzene rings is 1. The fourth-order valence-electron chi connectivity index (χ4n) is 0.988. The molecule has 4 heteroatoms. The molecule has 0 radical (unpaired) electrons. The minimum Gasteiger partial charge on any atom is -0.494 e. The molecule has 0 saturated carbocycles. The summed E-state index contributed by atoms with van der Waals surface area (Å²) in [7, 11) is 0. The van der Waals surface area contributed by atoms with Gasteiger partial charge in [0, 0.05) is 6.54 Å². The highest BCUT2D eigenvalue weighted by molar-refractivity contribution is 5.85. The predicted molar refractivity (Wildman–Crippen MR) is 55.9 cm³/mol. The van der Waals surface area contributed by atoms with Gasteiger partial charge in [-0.25, -0.2) is 0 Å². The lowest BCUT2D eigenvalue weighted by atomic mass is 10.2. The van der Waals surface area contributed by atoms with Crippen molar-refractivity contribution in [3.05, 3.63) is 29.8 Å². The zero-order valence-electron chi connectivity index (χ0n) is 7.62. The predicted octanol–water partition coefficient (Wildman–Crippen LogP) is 1.47. The fourth-order valence-corrected chi connectivity index (χ4v) is 0.988. The third-order valence-electron chi connectivity index (χ3n) is 1.54. The standard InChI is InChI=1S/C9H14N2O.ClH/c1-2-12-9-5-3-8(4-6-9)7-11-10;/h3-6,11H,2,7,10H2,1H3;1H.